The normalized spacial score (nSPS) is 13.5. The van der Waals surface area contributed by atoms with E-state index in [0.717, 1.165) is 12.8 Å². The summed E-state index contributed by atoms with van der Waals surface area (Å²) in [4.78, 5) is 0. The van der Waals surface area contributed by atoms with Gasteiger partial charge in [-0.15, -0.1) is 6.58 Å². The predicted molar refractivity (Wildman–Crippen MR) is 111 cm³/mol. The van der Waals surface area contributed by atoms with Gasteiger partial charge in [-0.1, -0.05) is 84.5 Å². The molecule has 0 aliphatic heterocycles. The van der Waals surface area contributed by atoms with Gasteiger partial charge in [-0.2, -0.15) is 0 Å². The summed E-state index contributed by atoms with van der Waals surface area (Å²) in [5.41, 5.74) is 4.21. The third-order valence-corrected chi connectivity index (χ3v) is 11.4. The Kier molecular flexibility index (Phi) is 8.18. The van der Waals surface area contributed by atoms with Crippen molar-refractivity contribution in [3.63, 3.8) is 0 Å². The fourth-order valence-electron chi connectivity index (χ4n) is 4.19. The average molecular weight is 345 g/mol. The lowest BCUT2D eigenvalue weighted by molar-refractivity contribution is 0.167. The molecule has 0 N–H and O–H groups in total. The largest absolute Gasteiger partial charge is 0.409 e. The standard InChI is InChI=1S/C22H36OSi/c1-9-11-16-22(21-15-13-12-14-20(21)10-2)23-24(17(3)4,18(5)6)19(7)8/h9-10,12-15,17-19,22H,1-2,11,16H2,3-8H3. The molecule has 0 saturated heterocycles. The molecule has 1 unspecified atom stereocenters. The second kappa shape index (κ2) is 9.38. The number of benzene rings is 1. The molecule has 24 heavy (non-hydrogen) atoms. The van der Waals surface area contributed by atoms with E-state index in [4.69, 9.17) is 4.43 Å². The minimum Gasteiger partial charge on any atom is -0.409 e. The van der Waals surface area contributed by atoms with Gasteiger partial charge in [0.2, 0.25) is 8.32 Å². The van der Waals surface area contributed by atoms with Gasteiger partial charge in [-0.25, -0.2) is 0 Å². The summed E-state index contributed by atoms with van der Waals surface area (Å²) < 4.78 is 7.10. The molecule has 0 bridgehead atoms. The molecule has 0 aliphatic rings. The SMILES string of the molecule is C=CCCC(O[Si](C(C)C)(C(C)C)C(C)C)c1ccccc1C=C. The number of allylic oxidation sites excluding steroid dienone is 1. The quantitative estimate of drug-likeness (QED) is 0.315. The Morgan fingerprint density at radius 1 is 0.958 bits per heavy atom. The molecule has 2 heteroatoms. The lowest BCUT2D eigenvalue weighted by Crippen LogP contribution is -2.48. The number of rotatable bonds is 10. The van der Waals surface area contributed by atoms with E-state index >= 15 is 0 Å². The molecule has 1 aromatic rings. The van der Waals surface area contributed by atoms with Crippen LogP contribution < -0.4 is 0 Å². The summed E-state index contributed by atoms with van der Waals surface area (Å²) in [6, 6.07) is 8.51. The average Bonchev–Trinajstić information content (AvgIpc) is 2.54. The van der Waals surface area contributed by atoms with Crippen LogP contribution in [0.4, 0.5) is 0 Å². The van der Waals surface area contributed by atoms with Crippen molar-refractivity contribution in [2.45, 2.75) is 77.1 Å². The lowest BCUT2D eigenvalue weighted by Gasteiger charge is -2.45. The van der Waals surface area contributed by atoms with Gasteiger partial charge in [-0.05, 0) is 40.6 Å². The van der Waals surface area contributed by atoms with E-state index in [1.807, 2.05) is 12.2 Å². The van der Waals surface area contributed by atoms with Crippen LogP contribution in [0.1, 0.15) is 71.6 Å². The van der Waals surface area contributed by atoms with Crippen molar-refractivity contribution in [3.05, 3.63) is 54.6 Å². The van der Waals surface area contributed by atoms with E-state index in [1.54, 1.807) is 0 Å². The van der Waals surface area contributed by atoms with Crippen LogP contribution in [-0.4, -0.2) is 8.32 Å². The van der Waals surface area contributed by atoms with Crippen LogP contribution in [0.2, 0.25) is 16.6 Å². The van der Waals surface area contributed by atoms with Gasteiger partial charge in [0.1, 0.15) is 0 Å². The van der Waals surface area contributed by atoms with E-state index < -0.39 is 8.32 Å². The summed E-state index contributed by atoms with van der Waals surface area (Å²) >= 11 is 0. The fraction of sp³-hybridized carbons (Fsp3) is 0.545. The minimum absolute atomic E-state index is 0.121. The Morgan fingerprint density at radius 3 is 1.96 bits per heavy atom. The summed E-state index contributed by atoms with van der Waals surface area (Å²) in [5, 5.41) is 0. The van der Waals surface area contributed by atoms with Crippen LogP contribution in [0.3, 0.4) is 0 Å². The third kappa shape index (κ3) is 4.49. The van der Waals surface area contributed by atoms with E-state index in [0.29, 0.717) is 16.6 Å². The number of hydrogen-bond acceptors (Lipinski definition) is 1. The van der Waals surface area contributed by atoms with Gasteiger partial charge in [0.15, 0.2) is 0 Å². The van der Waals surface area contributed by atoms with Crippen molar-refractivity contribution in [2.24, 2.45) is 0 Å². The highest BCUT2D eigenvalue weighted by atomic mass is 28.4. The second-order valence-corrected chi connectivity index (χ2v) is 13.0. The van der Waals surface area contributed by atoms with Crippen LogP contribution in [0, 0.1) is 0 Å². The lowest BCUT2D eigenvalue weighted by atomic mass is 9.99. The smallest absolute Gasteiger partial charge is 0.201 e. The first kappa shape index (κ1) is 20.9. The summed E-state index contributed by atoms with van der Waals surface area (Å²) in [7, 11) is -1.93. The molecular formula is C22H36OSi. The maximum atomic E-state index is 7.10. The zero-order valence-electron chi connectivity index (χ0n) is 16.5. The highest BCUT2D eigenvalue weighted by Gasteiger charge is 2.46. The molecule has 0 saturated carbocycles. The first-order valence-corrected chi connectivity index (χ1v) is 11.4. The molecule has 0 spiro atoms. The van der Waals surface area contributed by atoms with Crippen LogP contribution in [0.5, 0.6) is 0 Å². The Labute approximate surface area is 151 Å². The molecule has 1 rings (SSSR count). The molecule has 1 atom stereocenters. The van der Waals surface area contributed by atoms with Crippen LogP contribution in [-0.2, 0) is 4.43 Å². The van der Waals surface area contributed by atoms with Gasteiger partial charge >= 0.3 is 0 Å². The zero-order chi connectivity index (χ0) is 18.3. The van der Waals surface area contributed by atoms with E-state index in [1.165, 1.54) is 11.1 Å². The van der Waals surface area contributed by atoms with Crippen molar-refractivity contribution in [2.75, 3.05) is 0 Å². The van der Waals surface area contributed by atoms with Gasteiger partial charge in [0, 0.05) is 0 Å². The Balaban J connectivity index is 3.33. The van der Waals surface area contributed by atoms with Gasteiger partial charge < -0.3 is 4.43 Å². The molecule has 0 heterocycles. The monoisotopic (exact) mass is 344 g/mol. The van der Waals surface area contributed by atoms with Gasteiger partial charge in [0.25, 0.3) is 0 Å². The first-order chi connectivity index (χ1) is 11.3. The molecule has 134 valence electrons. The highest BCUT2D eigenvalue weighted by Crippen LogP contribution is 2.46. The first-order valence-electron chi connectivity index (χ1n) is 9.31. The fourth-order valence-corrected chi connectivity index (χ4v) is 9.75. The van der Waals surface area contributed by atoms with Crippen molar-refractivity contribution in [1.29, 1.82) is 0 Å². The maximum Gasteiger partial charge on any atom is 0.201 e. The molecule has 0 aliphatic carbocycles. The van der Waals surface area contributed by atoms with E-state index in [9.17, 15) is 0 Å². The van der Waals surface area contributed by atoms with E-state index in [2.05, 4.69) is 79.0 Å². The molecule has 0 radical (unpaired) electrons. The summed E-state index contributed by atoms with van der Waals surface area (Å²) in [6.45, 7) is 22.0. The van der Waals surface area contributed by atoms with Gasteiger partial charge in [-0.3, -0.25) is 0 Å². The van der Waals surface area contributed by atoms with Crippen LogP contribution in [0.25, 0.3) is 6.08 Å². The topological polar surface area (TPSA) is 9.23 Å². The second-order valence-electron chi connectivity index (χ2n) is 7.62. The van der Waals surface area contributed by atoms with Gasteiger partial charge in [0.05, 0.1) is 6.10 Å². The summed E-state index contributed by atoms with van der Waals surface area (Å²) in [5.74, 6) is 0. The Hall–Kier alpha value is -1.12. The summed E-state index contributed by atoms with van der Waals surface area (Å²) in [6.07, 6.45) is 6.01. The van der Waals surface area contributed by atoms with Crippen LogP contribution >= 0.6 is 0 Å². The zero-order valence-corrected chi connectivity index (χ0v) is 17.5. The maximum absolute atomic E-state index is 7.10. The minimum atomic E-state index is -1.93. The number of hydrogen-bond donors (Lipinski definition) is 0. The molecule has 0 aromatic heterocycles. The molecule has 1 aromatic carbocycles. The van der Waals surface area contributed by atoms with Crippen molar-refractivity contribution < 1.29 is 4.43 Å². The molecule has 0 fully saturated rings. The third-order valence-electron chi connectivity index (χ3n) is 5.25. The molecular weight excluding hydrogens is 308 g/mol. The molecule has 1 nitrogen and oxygen atoms in total. The Morgan fingerprint density at radius 2 is 1.50 bits per heavy atom. The van der Waals surface area contributed by atoms with Crippen molar-refractivity contribution in [1.82, 2.24) is 0 Å². The van der Waals surface area contributed by atoms with Crippen LogP contribution in [0.15, 0.2) is 43.5 Å². The van der Waals surface area contributed by atoms with Crippen molar-refractivity contribution >= 4 is 14.4 Å². The molecule has 0 amide bonds. The predicted octanol–water partition coefficient (Wildman–Crippen LogP) is 7.53. The Bertz CT molecular complexity index is 509. The highest BCUT2D eigenvalue weighted by molar-refractivity contribution is 6.77. The van der Waals surface area contributed by atoms with Crippen molar-refractivity contribution in [3.8, 4) is 0 Å². The van der Waals surface area contributed by atoms with E-state index in [-0.39, 0.29) is 6.10 Å².